The molecule has 3 N–H and O–H groups in total. The van der Waals surface area contributed by atoms with E-state index in [1.807, 2.05) is 30.4 Å². The van der Waals surface area contributed by atoms with Crippen molar-refractivity contribution in [1.82, 2.24) is 0 Å². The van der Waals surface area contributed by atoms with Crippen molar-refractivity contribution in [2.75, 3.05) is 19.0 Å². The van der Waals surface area contributed by atoms with Crippen LogP contribution in [-0.2, 0) is 4.79 Å². The number of nitro groups is 1. The van der Waals surface area contributed by atoms with Gasteiger partial charge in [-0.1, -0.05) is 29.8 Å². The number of halogens is 1. The monoisotopic (exact) mass is 364 g/mol. The Bertz CT molecular complexity index is 782. The quantitative estimate of drug-likeness (QED) is 0.582. The van der Waals surface area contributed by atoms with Crippen LogP contribution in [0.25, 0.3) is 0 Å². The molecular formula is C17H19ClN3O4+. The number of nitro benzene ring substituents is 1. The summed E-state index contributed by atoms with van der Waals surface area (Å²) < 4.78 is 4.97. The largest absolute Gasteiger partial charge is 0.496 e. The maximum atomic E-state index is 12.1. The number of methoxy groups -OCH3 is 1. The lowest BCUT2D eigenvalue weighted by Gasteiger charge is -2.12. The van der Waals surface area contributed by atoms with Crippen LogP contribution in [0.2, 0.25) is 5.02 Å². The first-order valence-corrected chi connectivity index (χ1v) is 8.00. The number of hydrogen-bond acceptors (Lipinski definition) is 4. The zero-order chi connectivity index (χ0) is 18.4. The lowest BCUT2D eigenvalue weighted by atomic mass is 10.1. The minimum Gasteiger partial charge on any atom is -0.496 e. The van der Waals surface area contributed by atoms with Crippen molar-refractivity contribution in [3.8, 4) is 5.75 Å². The topological polar surface area (TPSA) is 98.1 Å². The van der Waals surface area contributed by atoms with E-state index in [1.165, 1.54) is 19.2 Å². The second-order valence-electron chi connectivity index (χ2n) is 5.44. The summed E-state index contributed by atoms with van der Waals surface area (Å²) in [7, 11) is 1.42. The Kier molecular flexibility index (Phi) is 6.32. The minimum absolute atomic E-state index is 0.0229. The molecule has 0 unspecified atom stereocenters. The highest BCUT2D eigenvalue weighted by molar-refractivity contribution is 6.31. The van der Waals surface area contributed by atoms with Crippen LogP contribution in [-0.4, -0.2) is 24.5 Å². The standard InChI is InChI=1S/C17H18ClN3O4/c1-11(13-5-3-4-6-14(13)18)19-10-17(22)20-15-8-7-12(25-2)9-16(15)21(23)24/h3-9,11,19H,10H2,1-2H3,(H,20,22)/p+1/t11-/m0/s1. The Morgan fingerprint density at radius 2 is 2.08 bits per heavy atom. The van der Waals surface area contributed by atoms with E-state index in [4.69, 9.17) is 16.3 Å². The zero-order valence-corrected chi connectivity index (χ0v) is 14.6. The molecule has 7 nitrogen and oxygen atoms in total. The van der Waals surface area contributed by atoms with Gasteiger partial charge in [0.1, 0.15) is 17.5 Å². The van der Waals surface area contributed by atoms with Crippen molar-refractivity contribution in [3.05, 3.63) is 63.2 Å². The highest BCUT2D eigenvalue weighted by atomic mass is 35.5. The van der Waals surface area contributed by atoms with E-state index >= 15 is 0 Å². The van der Waals surface area contributed by atoms with Gasteiger partial charge in [0.05, 0.1) is 18.1 Å². The smallest absolute Gasteiger partial charge is 0.296 e. The molecule has 25 heavy (non-hydrogen) atoms. The third-order valence-corrected chi connectivity index (χ3v) is 4.07. The molecule has 0 aliphatic carbocycles. The number of nitrogens with two attached hydrogens (primary N) is 1. The number of carbonyl (C=O) groups excluding carboxylic acids is 1. The molecule has 0 radical (unpaired) electrons. The van der Waals surface area contributed by atoms with Crippen molar-refractivity contribution < 1.29 is 19.8 Å². The normalized spacial score (nSPS) is 11.6. The number of ether oxygens (including phenoxy) is 1. The molecule has 0 spiro atoms. The summed E-state index contributed by atoms with van der Waals surface area (Å²) in [6, 6.07) is 11.7. The summed E-state index contributed by atoms with van der Waals surface area (Å²) in [6.07, 6.45) is 0. The van der Waals surface area contributed by atoms with E-state index in [-0.39, 0.29) is 29.9 Å². The number of quaternary nitrogens is 1. The Hall–Kier alpha value is -2.64. The molecule has 2 aromatic carbocycles. The fraction of sp³-hybridized carbons (Fsp3) is 0.235. The van der Waals surface area contributed by atoms with Crippen molar-refractivity contribution in [2.45, 2.75) is 13.0 Å². The van der Waals surface area contributed by atoms with Crippen LogP contribution in [0.1, 0.15) is 18.5 Å². The number of nitrogens with one attached hydrogen (secondary N) is 1. The van der Waals surface area contributed by atoms with Crippen LogP contribution in [0.15, 0.2) is 42.5 Å². The van der Waals surface area contributed by atoms with Gasteiger partial charge in [-0.15, -0.1) is 0 Å². The zero-order valence-electron chi connectivity index (χ0n) is 13.9. The molecule has 0 saturated heterocycles. The molecule has 0 heterocycles. The summed E-state index contributed by atoms with van der Waals surface area (Å²) in [6.45, 7) is 2.04. The fourth-order valence-corrected chi connectivity index (χ4v) is 2.66. The van der Waals surface area contributed by atoms with Crippen molar-refractivity contribution in [3.63, 3.8) is 0 Å². The number of hydrogen-bond donors (Lipinski definition) is 2. The average molecular weight is 365 g/mol. The van der Waals surface area contributed by atoms with Crippen LogP contribution >= 0.6 is 11.6 Å². The predicted octanol–water partition coefficient (Wildman–Crippen LogP) is 2.52. The van der Waals surface area contributed by atoms with Crippen molar-refractivity contribution >= 4 is 28.9 Å². The molecule has 0 aliphatic rings. The number of rotatable bonds is 7. The molecule has 0 saturated carbocycles. The van der Waals surface area contributed by atoms with E-state index in [0.29, 0.717) is 10.8 Å². The Labute approximate surface area is 150 Å². The van der Waals surface area contributed by atoms with Gasteiger partial charge in [0.15, 0.2) is 6.54 Å². The summed E-state index contributed by atoms with van der Waals surface area (Å²) in [5.41, 5.74) is 0.842. The molecule has 1 amide bonds. The molecule has 132 valence electrons. The van der Waals surface area contributed by atoms with Crippen LogP contribution in [0.3, 0.4) is 0 Å². The molecule has 2 rings (SSSR count). The third kappa shape index (κ3) is 4.91. The number of nitrogens with zero attached hydrogens (tertiary/aromatic N) is 1. The lowest BCUT2D eigenvalue weighted by Crippen LogP contribution is -2.86. The van der Waals surface area contributed by atoms with Gasteiger partial charge in [0.2, 0.25) is 0 Å². The van der Waals surface area contributed by atoms with E-state index in [2.05, 4.69) is 5.32 Å². The second kappa shape index (κ2) is 8.46. The Morgan fingerprint density at radius 3 is 2.72 bits per heavy atom. The summed E-state index contributed by atoms with van der Waals surface area (Å²) >= 11 is 6.14. The Morgan fingerprint density at radius 1 is 1.36 bits per heavy atom. The first-order chi connectivity index (χ1) is 11.9. The molecule has 0 bridgehead atoms. The first-order valence-electron chi connectivity index (χ1n) is 7.62. The van der Waals surface area contributed by atoms with Gasteiger partial charge >= 0.3 is 0 Å². The van der Waals surface area contributed by atoms with Gasteiger partial charge < -0.3 is 15.4 Å². The van der Waals surface area contributed by atoms with Crippen molar-refractivity contribution in [1.29, 1.82) is 0 Å². The van der Waals surface area contributed by atoms with E-state index in [1.54, 1.807) is 12.1 Å². The van der Waals surface area contributed by atoms with Crippen LogP contribution in [0.5, 0.6) is 5.75 Å². The molecule has 1 atom stereocenters. The van der Waals surface area contributed by atoms with Gasteiger partial charge in [0, 0.05) is 10.6 Å². The van der Waals surface area contributed by atoms with E-state index < -0.39 is 4.92 Å². The number of anilines is 1. The van der Waals surface area contributed by atoms with Gasteiger partial charge in [0.25, 0.3) is 11.6 Å². The average Bonchev–Trinajstić information content (AvgIpc) is 2.60. The number of amides is 1. The van der Waals surface area contributed by atoms with Crippen LogP contribution < -0.4 is 15.4 Å². The maximum absolute atomic E-state index is 12.1. The third-order valence-electron chi connectivity index (χ3n) is 3.73. The molecule has 2 aromatic rings. The first kappa shape index (κ1) is 18.7. The summed E-state index contributed by atoms with van der Waals surface area (Å²) in [5.74, 6) is 0.00998. The van der Waals surface area contributed by atoms with Gasteiger partial charge in [-0.25, -0.2) is 0 Å². The molecule has 8 heteroatoms. The second-order valence-corrected chi connectivity index (χ2v) is 5.85. The van der Waals surface area contributed by atoms with E-state index in [0.717, 1.165) is 5.56 Å². The highest BCUT2D eigenvalue weighted by Crippen LogP contribution is 2.28. The maximum Gasteiger partial charge on any atom is 0.296 e. The molecule has 0 aliphatic heterocycles. The predicted molar refractivity (Wildman–Crippen MR) is 94.9 cm³/mol. The lowest BCUT2D eigenvalue weighted by molar-refractivity contribution is -0.682. The van der Waals surface area contributed by atoms with Gasteiger partial charge in [-0.05, 0) is 25.1 Å². The fourth-order valence-electron chi connectivity index (χ4n) is 2.35. The summed E-state index contributed by atoms with van der Waals surface area (Å²) in [4.78, 5) is 22.7. The SMILES string of the molecule is COc1ccc(NC(=O)C[NH2+][C@@H](C)c2ccccc2Cl)c([N+](=O)[O-])c1. The van der Waals surface area contributed by atoms with Crippen LogP contribution in [0.4, 0.5) is 11.4 Å². The minimum atomic E-state index is -0.561. The van der Waals surface area contributed by atoms with Gasteiger partial charge in [-0.3, -0.25) is 14.9 Å². The van der Waals surface area contributed by atoms with E-state index in [9.17, 15) is 14.9 Å². The molecule has 0 fully saturated rings. The number of benzene rings is 2. The number of carbonyl (C=O) groups is 1. The van der Waals surface area contributed by atoms with Gasteiger partial charge in [-0.2, -0.15) is 0 Å². The summed E-state index contributed by atoms with van der Waals surface area (Å²) in [5, 5.41) is 16.1. The Balaban J connectivity index is 2.01. The molecular weight excluding hydrogens is 346 g/mol. The highest BCUT2D eigenvalue weighted by Gasteiger charge is 2.19. The van der Waals surface area contributed by atoms with Crippen molar-refractivity contribution in [2.24, 2.45) is 0 Å². The molecule has 0 aromatic heterocycles. The van der Waals surface area contributed by atoms with Crippen LogP contribution in [0, 0.1) is 10.1 Å².